The smallest absolute Gasteiger partial charge is 0.331 e. The zero-order valence-corrected chi connectivity index (χ0v) is 12.5. The van der Waals surface area contributed by atoms with Gasteiger partial charge in [-0.25, -0.2) is 14.8 Å². The second-order valence-electron chi connectivity index (χ2n) is 4.39. The third kappa shape index (κ3) is 3.80. The van der Waals surface area contributed by atoms with Gasteiger partial charge in [0.05, 0.1) is 11.6 Å². The molecule has 0 saturated carbocycles. The second kappa shape index (κ2) is 7.19. The van der Waals surface area contributed by atoms with E-state index in [9.17, 15) is 4.79 Å². The van der Waals surface area contributed by atoms with Gasteiger partial charge in [-0.1, -0.05) is 30.3 Å². The number of nitrogens with two attached hydrogens (primary N) is 1. The summed E-state index contributed by atoms with van der Waals surface area (Å²) in [4.78, 5) is 20.3. The number of esters is 1. The summed E-state index contributed by atoms with van der Waals surface area (Å²) in [6, 6.07) is 11.0. The molecule has 0 spiro atoms. The summed E-state index contributed by atoms with van der Waals surface area (Å²) in [5.41, 5.74) is 5.88. The number of carbonyl (C=O) groups is 1. The maximum atomic E-state index is 12.3. The number of rotatable bonds is 6. The number of hydrogen-bond acceptors (Lipinski definition) is 6. The Labute approximate surface area is 127 Å². The summed E-state index contributed by atoms with van der Waals surface area (Å²) in [5, 5.41) is 0.764. The Bertz CT molecular complexity index is 580. The van der Waals surface area contributed by atoms with Crippen molar-refractivity contribution in [3.63, 3.8) is 0 Å². The molecule has 21 heavy (non-hydrogen) atoms. The number of aromatic nitrogens is 2. The van der Waals surface area contributed by atoms with Crippen molar-refractivity contribution in [2.75, 3.05) is 12.4 Å². The number of nitrogens with zero attached hydrogens (tertiary/aromatic N) is 2. The van der Waals surface area contributed by atoms with Crippen molar-refractivity contribution >= 4 is 17.7 Å². The van der Waals surface area contributed by atoms with Gasteiger partial charge in [0, 0.05) is 11.9 Å². The highest BCUT2D eigenvalue weighted by Crippen LogP contribution is 2.28. The Kier molecular flexibility index (Phi) is 5.30. The summed E-state index contributed by atoms with van der Waals surface area (Å²) < 4.78 is 5.14. The molecule has 110 valence electrons. The van der Waals surface area contributed by atoms with E-state index in [0.29, 0.717) is 12.4 Å². The third-order valence-corrected chi connectivity index (χ3v) is 4.07. The molecule has 0 saturated heterocycles. The number of thioether (sulfide) groups is 1. The van der Waals surface area contributed by atoms with Crippen LogP contribution >= 0.6 is 11.8 Å². The Morgan fingerprint density at radius 3 is 2.71 bits per heavy atom. The fourth-order valence-electron chi connectivity index (χ4n) is 1.81. The molecule has 1 heterocycles. The second-order valence-corrected chi connectivity index (χ2v) is 5.39. The molecule has 2 rings (SSSR count). The number of carbonyl (C=O) groups excluding carboxylic acids is 1. The van der Waals surface area contributed by atoms with Crippen LogP contribution in [0.1, 0.15) is 12.5 Å². The van der Waals surface area contributed by atoms with Gasteiger partial charge in [0.2, 0.25) is 0 Å². The van der Waals surface area contributed by atoms with E-state index in [0.717, 1.165) is 10.6 Å². The topological polar surface area (TPSA) is 78.1 Å². The zero-order chi connectivity index (χ0) is 15.1. The van der Waals surface area contributed by atoms with Crippen LogP contribution in [0.25, 0.3) is 0 Å². The van der Waals surface area contributed by atoms with Crippen molar-refractivity contribution < 1.29 is 9.53 Å². The molecule has 1 aromatic carbocycles. The summed E-state index contributed by atoms with van der Waals surface area (Å²) in [6.07, 6.45) is 3.12. The average molecular weight is 303 g/mol. The first-order valence-corrected chi connectivity index (χ1v) is 7.56. The zero-order valence-electron chi connectivity index (χ0n) is 11.7. The molecule has 2 aromatic rings. The Morgan fingerprint density at radius 1 is 1.33 bits per heavy atom. The lowest BCUT2D eigenvalue weighted by molar-refractivity contribution is -0.149. The fourth-order valence-corrected chi connectivity index (χ4v) is 2.75. The summed E-state index contributed by atoms with van der Waals surface area (Å²) >= 11 is 1.40. The van der Waals surface area contributed by atoms with Crippen LogP contribution in [0.2, 0.25) is 0 Å². The highest BCUT2D eigenvalue weighted by molar-refractivity contribution is 7.99. The number of hydrogen-bond donors (Lipinski definition) is 1. The standard InChI is InChI=1S/C15H17N3O2S/c1-2-20-14(19)15(16,12-6-4-3-5-7-12)10-21-13-8-9-17-11-18-13/h3-9,11H,2,10,16H2,1H3. The predicted molar refractivity (Wildman–Crippen MR) is 81.7 cm³/mol. The van der Waals surface area contributed by atoms with Crippen molar-refractivity contribution in [1.29, 1.82) is 0 Å². The van der Waals surface area contributed by atoms with Gasteiger partial charge >= 0.3 is 5.97 Å². The van der Waals surface area contributed by atoms with Gasteiger partial charge in [0.15, 0.2) is 0 Å². The van der Waals surface area contributed by atoms with Crippen LogP contribution in [-0.2, 0) is 15.1 Å². The van der Waals surface area contributed by atoms with Crippen molar-refractivity contribution in [2.24, 2.45) is 5.73 Å². The van der Waals surface area contributed by atoms with Gasteiger partial charge in [-0.15, -0.1) is 11.8 Å². The fraction of sp³-hybridized carbons (Fsp3) is 0.267. The molecule has 0 bridgehead atoms. The van der Waals surface area contributed by atoms with E-state index in [4.69, 9.17) is 10.5 Å². The van der Waals surface area contributed by atoms with E-state index in [1.807, 2.05) is 30.3 Å². The van der Waals surface area contributed by atoms with Crippen molar-refractivity contribution in [3.8, 4) is 0 Å². The Hall–Kier alpha value is -1.92. The molecule has 5 nitrogen and oxygen atoms in total. The maximum absolute atomic E-state index is 12.3. The minimum Gasteiger partial charge on any atom is -0.464 e. The van der Waals surface area contributed by atoms with Gasteiger partial charge in [-0.2, -0.15) is 0 Å². The van der Waals surface area contributed by atoms with Gasteiger partial charge in [0.1, 0.15) is 11.9 Å². The molecule has 1 atom stereocenters. The molecule has 0 aliphatic rings. The summed E-state index contributed by atoms with van der Waals surface area (Å²) in [5.74, 6) is -0.0925. The largest absolute Gasteiger partial charge is 0.464 e. The lowest BCUT2D eigenvalue weighted by Gasteiger charge is -2.27. The Balaban J connectivity index is 2.22. The van der Waals surface area contributed by atoms with Crippen molar-refractivity contribution in [3.05, 3.63) is 54.5 Å². The summed E-state index contributed by atoms with van der Waals surface area (Å²) in [6.45, 7) is 2.06. The predicted octanol–water partition coefficient (Wildman–Crippen LogP) is 1.99. The first kappa shape index (κ1) is 15.5. The molecule has 0 radical (unpaired) electrons. The lowest BCUT2D eigenvalue weighted by Crippen LogP contribution is -2.48. The lowest BCUT2D eigenvalue weighted by atomic mass is 9.93. The molecule has 1 aromatic heterocycles. The van der Waals surface area contributed by atoms with Crippen LogP contribution in [0.4, 0.5) is 0 Å². The van der Waals surface area contributed by atoms with E-state index < -0.39 is 11.5 Å². The first-order valence-electron chi connectivity index (χ1n) is 6.57. The molecule has 0 aliphatic heterocycles. The van der Waals surface area contributed by atoms with E-state index in [1.54, 1.807) is 19.2 Å². The van der Waals surface area contributed by atoms with E-state index in [-0.39, 0.29) is 0 Å². The molecular formula is C15H17N3O2S. The monoisotopic (exact) mass is 303 g/mol. The average Bonchev–Trinajstić information content (AvgIpc) is 2.54. The highest BCUT2D eigenvalue weighted by Gasteiger charge is 2.37. The first-order chi connectivity index (χ1) is 10.2. The number of ether oxygens (including phenoxy) is 1. The summed E-state index contributed by atoms with van der Waals surface area (Å²) in [7, 11) is 0. The van der Waals surface area contributed by atoms with E-state index >= 15 is 0 Å². The third-order valence-electron chi connectivity index (χ3n) is 2.93. The van der Waals surface area contributed by atoms with E-state index in [2.05, 4.69) is 9.97 Å². The molecule has 0 amide bonds. The normalized spacial score (nSPS) is 13.4. The SMILES string of the molecule is CCOC(=O)C(N)(CSc1ccncn1)c1ccccc1. The van der Waals surface area contributed by atoms with Crippen LogP contribution in [0.5, 0.6) is 0 Å². The van der Waals surface area contributed by atoms with Gasteiger partial charge in [0.25, 0.3) is 0 Å². The highest BCUT2D eigenvalue weighted by atomic mass is 32.2. The van der Waals surface area contributed by atoms with Crippen LogP contribution in [0.3, 0.4) is 0 Å². The maximum Gasteiger partial charge on any atom is 0.331 e. The van der Waals surface area contributed by atoms with Crippen LogP contribution in [0, 0.1) is 0 Å². The molecule has 2 N–H and O–H groups in total. The Morgan fingerprint density at radius 2 is 2.10 bits per heavy atom. The van der Waals surface area contributed by atoms with Crippen molar-refractivity contribution in [1.82, 2.24) is 9.97 Å². The molecule has 0 fully saturated rings. The van der Waals surface area contributed by atoms with Crippen LogP contribution in [-0.4, -0.2) is 28.3 Å². The molecule has 6 heteroatoms. The van der Waals surface area contributed by atoms with Crippen LogP contribution in [0.15, 0.2) is 53.9 Å². The quantitative estimate of drug-likeness (QED) is 0.499. The molecule has 0 aliphatic carbocycles. The minimum atomic E-state index is -1.20. The van der Waals surface area contributed by atoms with E-state index in [1.165, 1.54) is 18.1 Å². The number of benzene rings is 1. The van der Waals surface area contributed by atoms with Gasteiger partial charge in [-0.05, 0) is 18.6 Å². The molecular weight excluding hydrogens is 286 g/mol. The van der Waals surface area contributed by atoms with Gasteiger partial charge < -0.3 is 10.5 Å². The minimum absolute atomic E-state index is 0.294. The van der Waals surface area contributed by atoms with Crippen LogP contribution < -0.4 is 5.73 Å². The van der Waals surface area contributed by atoms with Gasteiger partial charge in [-0.3, -0.25) is 0 Å². The van der Waals surface area contributed by atoms with Crippen molar-refractivity contribution in [2.45, 2.75) is 17.5 Å². The molecule has 1 unspecified atom stereocenters.